The zero-order valence-electron chi connectivity index (χ0n) is 24.1. The van der Waals surface area contributed by atoms with Gasteiger partial charge in [-0.1, -0.05) is 19.1 Å². The summed E-state index contributed by atoms with van der Waals surface area (Å²) in [5.74, 6) is -1.14. The van der Waals surface area contributed by atoms with Crippen LogP contribution in [0.4, 0.5) is 10.1 Å². The maximum absolute atomic E-state index is 15.7. The van der Waals surface area contributed by atoms with Crippen LogP contribution in [0.3, 0.4) is 0 Å². The number of carbonyl (C=O) groups excluding carboxylic acids is 1. The van der Waals surface area contributed by atoms with E-state index in [1.54, 1.807) is 17.6 Å². The molecule has 0 saturated carbocycles. The fraction of sp³-hybridized carbons (Fsp3) is 0.344. The molecule has 2 aromatic carbocycles. The van der Waals surface area contributed by atoms with Gasteiger partial charge in [0, 0.05) is 46.9 Å². The molecule has 6 rings (SSSR count). The molecule has 2 aliphatic rings. The summed E-state index contributed by atoms with van der Waals surface area (Å²) >= 11 is 0. The van der Waals surface area contributed by atoms with Gasteiger partial charge in [0.1, 0.15) is 13.2 Å². The number of nitrogens with one attached hydrogen (secondary N) is 1. The number of rotatable bonds is 8. The van der Waals surface area contributed by atoms with Crippen molar-refractivity contribution in [3.63, 3.8) is 0 Å². The van der Waals surface area contributed by atoms with Crippen LogP contribution < -0.4 is 15.6 Å². The molecule has 9 nitrogen and oxygen atoms in total. The number of halogens is 1. The van der Waals surface area contributed by atoms with E-state index in [1.165, 1.54) is 6.07 Å². The third-order valence-electron chi connectivity index (χ3n) is 8.02. The summed E-state index contributed by atoms with van der Waals surface area (Å²) in [7, 11) is 3.80. The van der Waals surface area contributed by atoms with Crippen molar-refractivity contribution in [1.29, 1.82) is 0 Å². The summed E-state index contributed by atoms with van der Waals surface area (Å²) in [5, 5.41) is 15.1. The number of pyridine rings is 2. The van der Waals surface area contributed by atoms with E-state index in [-0.39, 0.29) is 48.6 Å². The van der Waals surface area contributed by atoms with Crippen molar-refractivity contribution in [3.05, 3.63) is 86.5 Å². The van der Waals surface area contributed by atoms with Crippen LogP contribution in [0, 0.1) is 5.82 Å². The number of carbonyl (C=O) groups is 1. The quantitative estimate of drug-likeness (QED) is 0.266. The van der Waals surface area contributed by atoms with Crippen LogP contribution in [-0.4, -0.2) is 46.2 Å². The summed E-state index contributed by atoms with van der Waals surface area (Å²) < 4.78 is 28.5. The van der Waals surface area contributed by atoms with Gasteiger partial charge in [0.15, 0.2) is 17.2 Å². The second-order valence-electron chi connectivity index (χ2n) is 11.1. The van der Waals surface area contributed by atoms with Crippen LogP contribution in [0.2, 0.25) is 0 Å². The Morgan fingerprint density at radius 2 is 1.93 bits per heavy atom. The number of cyclic esters (lactones) is 1. The van der Waals surface area contributed by atoms with Gasteiger partial charge in [0.05, 0.1) is 29.0 Å². The number of anilines is 1. The Labute approximate surface area is 242 Å². The van der Waals surface area contributed by atoms with Gasteiger partial charge < -0.3 is 29.4 Å². The number of hydrogen-bond donors (Lipinski definition) is 2. The second-order valence-corrected chi connectivity index (χ2v) is 11.1. The first-order valence-electron chi connectivity index (χ1n) is 14.1. The number of nitrogens with zero attached hydrogens (tertiary/aromatic N) is 3. The molecular formula is C32H33FN4O5. The Morgan fingerprint density at radius 3 is 2.62 bits per heavy atom. The predicted octanol–water partition coefficient (Wildman–Crippen LogP) is 4.29. The Bertz CT molecular complexity index is 1780. The minimum atomic E-state index is -1.91. The molecule has 2 aliphatic heterocycles. The molecule has 0 amide bonds. The average Bonchev–Trinajstić information content (AvgIpc) is 3.32. The normalized spacial score (nSPS) is 17.2. The van der Waals surface area contributed by atoms with Crippen LogP contribution in [0.15, 0.2) is 47.3 Å². The maximum atomic E-state index is 15.7. The van der Waals surface area contributed by atoms with E-state index >= 15 is 4.39 Å². The van der Waals surface area contributed by atoms with Crippen LogP contribution in [0.25, 0.3) is 22.3 Å². The van der Waals surface area contributed by atoms with Crippen molar-refractivity contribution >= 4 is 22.6 Å². The summed E-state index contributed by atoms with van der Waals surface area (Å²) in [6, 6.07) is 12.8. The number of benzene rings is 2. The van der Waals surface area contributed by atoms with Crippen molar-refractivity contribution in [2.45, 2.75) is 52.2 Å². The summed E-state index contributed by atoms with van der Waals surface area (Å²) in [6.45, 7) is 5.18. The molecule has 42 heavy (non-hydrogen) atoms. The molecule has 0 radical (unpaired) electrons. The van der Waals surface area contributed by atoms with E-state index in [9.17, 15) is 14.7 Å². The summed E-state index contributed by atoms with van der Waals surface area (Å²) in [6.07, 6.45) is 0.0569. The van der Waals surface area contributed by atoms with Gasteiger partial charge in [-0.05, 0) is 57.3 Å². The first-order valence-corrected chi connectivity index (χ1v) is 14.1. The van der Waals surface area contributed by atoms with E-state index in [0.29, 0.717) is 29.0 Å². The van der Waals surface area contributed by atoms with Gasteiger partial charge in [0.2, 0.25) is 0 Å². The van der Waals surface area contributed by atoms with Crippen molar-refractivity contribution in [2.24, 2.45) is 0 Å². The molecule has 0 fully saturated rings. The predicted molar refractivity (Wildman–Crippen MR) is 157 cm³/mol. The van der Waals surface area contributed by atoms with Crippen LogP contribution in [0.1, 0.15) is 48.1 Å². The molecular weight excluding hydrogens is 539 g/mol. The van der Waals surface area contributed by atoms with E-state index in [0.717, 1.165) is 28.7 Å². The SMILES string of the molecule is CCNc1ccc(COc2c(F)cc3nc4c(cc3c2CN(C)C)Cn2c-4cc3c(c2=O)COC(=O)[C@]3(O)CC)cc1. The lowest BCUT2D eigenvalue weighted by molar-refractivity contribution is -0.172. The molecule has 2 N–H and O–H groups in total. The monoisotopic (exact) mass is 572 g/mol. The molecule has 4 aromatic rings. The Morgan fingerprint density at radius 1 is 1.17 bits per heavy atom. The lowest BCUT2D eigenvalue weighted by Crippen LogP contribution is -2.44. The molecule has 0 spiro atoms. The second kappa shape index (κ2) is 10.5. The highest BCUT2D eigenvalue weighted by molar-refractivity contribution is 5.89. The van der Waals surface area contributed by atoms with Crippen LogP contribution in [0.5, 0.6) is 5.75 Å². The Balaban J connectivity index is 1.44. The standard InChI is InChI=1S/C32H33FN4O5/c1-5-32(40)24-12-27-28-19(14-37(27)30(38)23(24)17-42-31(32)39)11-21-22(15-36(3)4)29(25(33)13-26(21)35-28)41-16-18-7-9-20(10-8-18)34-6-2/h7-13,34,40H,5-6,14-17H2,1-4H3/t32-/m0/s1. The van der Waals surface area contributed by atoms with Gasteiger partial charge >= 0.3 is 5.97 Å². The van der Waals surface area contributed by atoms with Crippen molar-refractivity contribution in [2.75, 3.05) is 26.0 Å². The van der Waals surface area contributed by atoms with Crippen molar-refractivity contribution in [1.82, 2.24) is 14.5 Å². The van der Waals surface area contributed by atoms with Gasteiger partial charge in [-0.2, -0.15) is 0 Å². The fourth-order valence-corrected chi connectivity index (χ4v) is 5.85. The maximum Gasteiger partial charge on any atom is 0.343 e. The lowest BCUT2D eigenvalue weighted by atomic mass is 9.86. The highest BCUT2D eigenvalue weighted by Gasteiger charge is 2.45. The van der Waals surface area contributed by atoms with Gasteiger partial charge in [-0.25, -0.2) is 14.2 Å². The molecule has 2 aromatic heterocycles. The summed E-state index contributed by atoms with van der Waals surface area (Å²) in [5.41, 5.74) is 3.04. The number of aliphatic hydroxyl groups is 1. The first-order chi connectivity index (χ1) is 20.1. The fourth-order valence-electron chi connectivity index (χ4n) is 5.85. The third kappa shape index (κ3) is 4.51. The number of ether oxygens (including phenoxy) is 2. The topological polar surface area (TPSA) is 106 Å². The number of hydrogen-bond acceptors (Lipinski definition) is 8. The van der Waals surface area contributed by atoms with Gasteiger partial charge in [-0.3, -0.25) is 4.79 Å². The molecule has 0 unspecified atom stereocenters. The minimum Gasteiger partial charge on any atom is -0.485 e. The third-order valence-corrected chi connectivity index (χ3v) is 8.02. The number of fused-ring (bicyclic) bond motifs is 5. The number of aromatic nitrogens is 2. The molecule has 0 saturated heterocycles. The van der Waals surface area contributed by atoms with Crippen LogP contribution in [-0.2, 0) is 41.4 Å². The van der Waals surface area contributed by atoms with Crippen molar-refractivity contribution < 1.29 is 23.8 Å². The smallest absolute Gasteiger partial charge is 0.343 e. The lowest BCUT2D eigenvalue weighted by Gasteiger charge is -2.31. The van der Waals surface area contributed by atoms with E-state index in [4.69, 9.17) is 14.5 Å². The Hall–Kier alpha value is -4.28. The largest absolute Gasteiger partial charge is 0.485 e. The van der Waals surface area contributed by atoms with Gasteiger partial charge in [-0.15, -0.1) is 0 Å². The van der Waals surface area contributed by atoms with E-state index < -0.39 is 17.4 Å². The van der Waals surface area contributed by atoms with E-state index in [1.807, 2.05) is 56.3 Å². The highest BCUT2D eigenvalue weighted by atomic mass is 19.1. The van der Waals surface area contributed by atoms with E-state index in [2.05, 4.69) is 5.32 Å². The first kappa shape index (κ1) is 27.9. The minimum absolute atomic E-state index is 0.0569. The average molecular weight is 573 g/mol. The van der Waals surface area contributed by atoms with Crippen molar-refractivity contribution in [3.8, 4) is 17.1 Å². The molecule has 4 heterocycles. The summed E-state index contributed by atoms with van der Waals surface area (Å²) in [4.78, 5) is 32.7. The van der Waals surface area contributed by atoms with Crippen LogP contribution >= 0.6 is 0 Å². The number of esters is 1. The zero-order valence-corrected chi connectivity index (χ0v) is 24.1. The molecule has 0 aliphatic carbocycles. The molecule has 218 valence electrons. The highest BCUT2D eigenvalue weighted by Crippen LogP contribution is 2.40. The zero-order chi connectivity index (χ0) is 29.8. The molecule has 10 heteroatoms. The molecule has 1 atom stereocenters. The van der Waals surface area contributed by atoms with Gasteiger partial charge in [0.25, 0.3) is 5.56 Å². The molecule has 0 bridgehead atoms. The Kier molecular flexibility index (Phi) is 6.98.